The first kappa shape index (κ1) is 12.7. The molecule has 0 spiro atoms. The van der Waals surface area contributed by atoms with E-state index in [1.54, 1.807) is 6.20 Å². The van der Waals surface area contributed by atoms with E-state index in [0.717, 1.165) is 31.7 Å². The minimum atomic E-state index is 0.534. The summed E-state index contributed by atoms with van der Waals surface area (Å²) in [7, 11) is 0. The van der Waals surface area contributed by atoms with Crippen molar-refractivity contribution in [3.8, 4) is 0 Å². The molecule has 0 radical (unpaired) electrons. The number of hydrogen-bond donors (Lipinski definition) is 1. The molecule has 2 unspecified atom stereocenters. The zero-order valence-electron chi connectivity index (χ0n) is 10.5. The first-order chi connectivity index (χ1) is 8.24. The van der Waals surface area contributed by atoms with Crippen LogP contribution in [0.1, 0.15) is 26.7 Å². The third-order valence-corrected chi connectivity index (χ3v) is 3.69. The standard InChI is InChI=1S/C13H20ClN3/c1-3-11-9-17(12(4-2)8-15-11)13-6-5-10(14)7-16-13/h5-7,11-12,15H,3-4,8-9H2,1-2H3. The van der Waals surface area contributed by atoms with Gasteiger partial charge in [0, 0.05) is 31.4 Å². The molecule has 4 heteroatoms. The van der Waals surface area contributed by atoms with Crippen molar-refractivity contribution in [1.29, 1.82) is 0 Å². The summed E-state index contributed by atoms with van der Waals surface area (Å²) in [5, 5.41) is 4.28. The third kappa shape index (κ3) is 2.90. The molecule has 1 saturated heterocycles. The maximum Gasteiger partial charge on any atom is 0.128 e. The molecular formula is C13H20ClN3. The van der Waals surface area contributed by atoms with Gasteiger partial charge in [-0.1, -0.05) is 25.4 Å². The van der Waals surface area contributed by atoms with Gasteiger partial charge in [-0.2, -0.15) is 0 Å². The molecule has 0 amide bonds. The van der Waals surface area contributed by atoms with Crippen molar-refractivity contribution in [1.82, 2.24) is 10.3 Å². The Bertz CT molecular complexity index is 352. The lowest BCUT2D eigenvalue weighted by Crippen LogP contribution is -2.56. The van der Waals surface area contributed by atoms with Gasteiger partial charge >= 0.3 is 0 Å². The average Bonchev–Trinajstić information content (AvgIpc) is 2.39. The van der Waals surface area contributed by atoms with Crippen LogP contribution in [0.2, 0.25) is 5.02 Å². The molecule has 2 atom stereocenters. The Labute approximate surface area is 108 Å². The largest absolute Gasteiger partial charge is 0.351 e. The summed E-state index contributed by atoms with van der Waals surface area (Å²) < 4.78 is 0. The van der Waals surface area contributed by atoms with E-state index in [1.165, 1.54) is 0 Å². The lowest BCUT2D eigenvalue weighted by Gasteiger charge is -2.40. The number of aromatic nitrogens is 1. The number of hydrogen-bond acceptors (Lipinski definition) is 3. The summed E-state index contributed by atoms with van der Waals surface area (Å²) in [6, 6.07) is 5.03. The van der Waals surface area contributed by atoms with Crippen LogP contribution in [0.25, 0.3) is 0 Å². The highest BCUT2D eigenvalue weighted by atomic mass is 35.5. The maximum atomic E-state index is 5.88. The molecule has 0 bridgehead atoms. The van der Waals surface area contributed by atoms with Crippen molar-refractivity contribution in [3.63, 3.8) is 0 Å². The van der Waals surface area contributed by atoms with Gasteiger partial charge in [-0.25, -0.2) is 4.98 Å². The second-order valence-corrected chi connectivity index (χ2v) is 5.00. The van der Waals surface area contributed by atoms with Crippen molar-refractivity contribution >= 4 is 17.4 Å². The van der Waals surface area contributed by atoms with Crippen LogP contribution in [-0.4, -0.2) is 30.2 Å². The lowest BCUT2D eigenvalue weighted by atomic mass is 10.1. The lowest BCUT2D eigenvalue weighted by molar-refractivity contribution is 0.377. The highest BCUT2D eigenvalue weighted by Crippen LogP contribution is 2.21. The summed E-state index contributed by atoms with van der Waals surface area (Å²) in [5.41, 5.74) is 0. The van der Waals surface area contributed by atoms with Gasteiger partial charge < -0.3 is 10.2 Å². The molecule has 0 aliphatic carbocycles. The smallest absolute Gasteiger partial charge is 0.128 e. The van der Waals surface area contributed by atoms with Crippen molar-refractivity contribution in [2.24, 2.45) is 0 Å². The number of nitrogens with one attached hydrogen (secondary N) is 1. The maximum absolute atomic E-state index is 5.88. The predicted octanol–water partition coefficient (Wildman–Crippen LogP) is 2.70. The Morgan fingerprint density at radius 2 is 2.24 bits per heavy atom. The normalized spacial score (nSPS) is 25.0. The second-order valence-electron chi connectivity index (χ2n) is 4.56. The van der Waals surface area contributed by atoms with Crippen molar-refractivity contribution in [3.05, 3.63) is 23.4 Å². The van der Waals surface area contributed by atoms with Crippen LogP contribution in [0.15, 0.2) is 18.3 Å². The zero-order valence-corrected chi connectivity index (χ0v) is 11.2. The topological polar surface area (TPSA) is 28.2 Å². The summed E-state index contributed by atoms with van der Waals surface area (Å²) in [4.78, 5) is 6.84. The highest BCUT2D eigenvalue weighted by molar-refractivity contribution is 6.30. The van der Waals surface area contributed by atoms with Gasteiger partial charge in [0.25, 0.3) is 0 Å². The van der Waals surface area contributed by atoms with E-state index < -0.39 is 0 Å². The number of anilines is 1. The minimum Gasteiger partial charge on any atom is -0.351 e. The Kier molecular flexibility index (Phi) is 4.24. The molecule has 94 valence electrons. The number of piperazine rings is 1. The molecule has 1 fully saturated rings. The highest BCUT2D eigenvalue weighted by Gasteiger charge is 2.26. The van der Waals surface area contributed by atoms with Crippen LogP contribution in [0, 0.1) is 0 Å². The molecule has 2 rings (SSSR count). The van der Waals surface area contributed by atoms with Gasteiger partial charge in [0.05, 0.1) is 5.02 Å². The third-order valence-electron chi connectivity index (χ3n) is 3.47. The number of halogens is 1. The first-order valence-electron chi connectivity index (χ1n) is 6.36. The van der Waals surface area contributed by atoms with E-state index in [-0.39, 0.29) is 0 Å². The van der Waals surface area contributed by atoms with E-state index in [9.17, 15) is 0 Å². The molecule has 0 aromatic carbocycles. The van der Waals surface area contributed by atoms with Crippen LogP contribution in [-0.2, 0) is 0 Å². The molecule has 2 heterocycles. The molecule has 17 heavy (non-hydrogen) atoms. The summed E-state index contributed by atoms with van der Waals surface area (Å²) in [6.07, 6.45) is 4.01. The summed E-state index contributed by atoms with van der Waals surface area (Å²) in [5.74, 6) is 1.04. The van der Waals surface area contributed by atoms with E-state index >= 15 is 0 Å². The Morgan fingerprint density at radius 3 is 2.82 bits per heavy atom. The zero-order chi connectivity index (χ0) is 12.3. The van der Waals surface area contributed by atoms with Crippen molar-refractivity contribution in [2.75, 3.05) is 18.0 Å². The molecule has 0 saturated carbocycles. The molecule has 3 nitrogen and oxygen atoms in total. The van der Waals surface area contributed by atoms with E-state index in [2.05, 4.69) is 29.0 Å². The molecular weight excluding hydrogens is 234 g/mol. The average molecular weight is 254 g/mol. The van der Waals surface area contributed by atoms with E-state index in [1.807, 2.05) is 12.1 Å². The van der Waals surface area contributed by atoms with Crippen molar-refractivity contribution in [2.45, 2.75) is 38.8 Å². The first-order valence-corrected chi connectivity index (χ1v) is 6.74. The van der Waals surface area contributed by atoms with Crippen LogP contribution in [0.5, 0.6) is 0 Å². The molecule has 1 aliphatic heterocycles. The number of pyridine rings is 1. The molecule has 1 N–H and O–H groups in total. The van der Waals surface area contributed by atoms with Gasteiger partial charge in [0.15, 0.2) is 0 Å². The SMILES string of the molecule is CCC1CN(c2ccc(Cl)cn2)C(CC)CN1. The monoisotopic (exact) mass is 253 g/mol. The van der Waals surface area contributed by atoms with Crippen molar-refractivity contribution < 1.29 is 0 Å². The Morgan fingerprint density at radius 1 is 1.41 bits per heavy atom. The number of nitrogens with zero attached hydrogens (tertiary/aromatic N) is 2. The van der Waals surface area contributed by atoms with Crippen LogP contribution in [0.4, 0.5) is 5.82 Å². The molecule has 1 aliphatic rings. The fraction of sp³-hybridized carbons (Fsp3) is 0.615. The van der Waals surface area contributed by atoms with Crippen LogP contribution in [0.3, 0.4) is 0 Å². The van der Waals surface area contributed by atoms with Gasteiger partial charge in [0.1, 0.15) is 5.82 Å². The second kappa shape index (κ2) is 5.69. The van der Waals surface area contributed by atoms with Gasteiger partial charge in [0.2, 0.25) is 0 Å². The summed E-state index contributed by atoms with van der Waals surface area (Å²) >= 11 is 5.88. The van der Waals surface area contributed by atoms with E-state index in [4.69, 9.17) is 11.6 Å². The molecule has 1 aromatic rings. The summed E-state index contributed by atoms with van der Waals surface area (Å²) in [6.45, 7) is 6.52. The van der Waals surface area contributed by atoms with E-state index in [0.29, 0.717) is 17.1 Å². The minimum absolute atomic E-state index is 0.534. The Balaban J connectivity index is 2.17. The Hall–Kier alpha value is -0.800. The van der Waals surface area contributed by atoms with Gasteiger partial charge in [-0.15, -0.1) is 0 Å². The van der Waals surface area contributed by atoms with Crippen LogP contribution >= 0.6 is 11.6 Å². The fourth-order valence-corrected chi connectivity index (χ4v) is 2.43. The fourth-order valence-electron chi connectivity index (χ4n) is 2.32. The molecule has 1 aromatic heterocycles. The predicted molar refractivity (Wildman–Crippen MR) is 72.8 cm³/mol. The number of rotatable bonds is 3. The van der Waals surface area contributed by atoms with Gasteiger partial charge in [-0.05, 0) is 25.0 Å². The van der Waals surface area contributed by atoms with Gasteiger partial charge in [-0.3, -0.25) is 0 Å². The quantitative estimate of drug-likeness (QED) is 0.898. The van der Waals surface area contributed by atoms with Crippen LogP contribution < -0.4 is 10.2 Å².